The first-order chi connectivity index (χ1) is 15.8. The topological polar surface area (TPSA) is 105 Å². The smallest absolute Gasteiger partial charge is 0.415 e. The van der Waals surface area contributed by atoms with Crippen molar-refractivity contribution in [2.24, 2.45) is 0 Å². The zero-order chi connectivity index (χ0) is 23.5. The fourth-order valence-electron chi connectivity index (χ4n) is 3.82. The number of carbonyl (C=O) groups is 2. The number of aromatic carboxylic acids is 1. The number of hydrogen-bond acceptors (Lipinski definition) is 6. The number of aromatic nitrogens is 2. The van der Waals surface area contributed by atoms with Crippen LogP contribution in [0.2, 0.25) is 0 Å². The number of benzene rings is 1. The average Bonchev–Trinajstić information content (AvgIpc) is 3.14. The number of cyclic esters (lactones) is 1. The monoisotopic (exact) mass is 510 g/mol. The zero-order valence-electron chi connectivity index (χ0n) is 18.2. The van der Waals surface area contributed by atoms with Crippen molar-refractivity contribution < 1.29 is 19.4 Å². The van der Waals surface area contributed by atoms with Gasteiger partial charge in [0.25, 0.3) is 0 Å². The zero-order valence-corrected chi connectivity index (χ0v) is 19.7. The number of halogens is 1. The van der Waals surface area contributed by atoms with E-state index in [9.17, 15) is 14.7 Å². The Labute approximate surface area is 199 Å². The van der Waals surface area contributed by atoms with E-state index in [2.05, 4.69) is 26.2 Å². The molecule has 1 fully saturated rings. The highest BCUT2D eigenvalue weighted by Crippen LogP contribution is 2.28. The Morgan fingerprint density at radius 3 is 2.73 bits per heavy atom. The Morgan fingerprint density at radius 1 is 1.24 bits per heavy atom. The van der Waals surface area contributed by atoms with Crippen LogP contribution in [0.15, 0.2) is 59.2 Å². The van der Waals surface area contributed by atoms with Gasteiger partial charge >= 0.3 is 12.1 Å². The highest BCUT2D eigenvalue weighted by molar-refractivity contribution is 9.10. The molecule has 2 N–H and O–H groups in total. The fraction of sp³-hybridized carbons (Fsp3) is 0.250. The quantitative estimate of drug-likeness (QED) is 0.431. The minimum absolute atomic E-state index is 0.0878. The minimum atomic E-state index is -1.13. The lowest BCUT2D eigenvalue weighted by Gasteiger charge is -2.23. The van der Waals surface area contributed by atoms with Gasteiger partial charge in [0.1, 0.15) is 17.0 Å². The summed E-state index contributed by atoms with van der Waals surface area (Å²) in [5.74, 6) is -0.623. The van der Waals surface area contributed by atoms with Crippen LogP contribution in [0.25, 0.3) is 0 Å². The third kappa shape index (κ3) is 5.14. The molecular formula is C24H23BrN4O4. The number of amides is 1. The molecule has 2 atom stereocenters. The van der Waals surface area contributed by atoms with E-state index in [4.69, 9.17) is 9.72 Å². The molecule has 1 aromatic carbocycles. The van der Waals surface area contributed by atoms with Crippen molar-refractivity contribution in [1.29, 1.82) is 0 Å². The Morgan fingerprint density at radius 2 is 2.00 bits per heavy atom. The van der Waals surface area contributed by atoms with E-state index in [0.29, 0.717) is 34.8 Å². The van der Waals surface area contributed by atoms with Crippen molar-refractivity contribution in [2.45, 2.75) is 32.4 Å². The van der Waals surface area contributed by atoms with Crippen molar-refractivity contribution >= 4 is 39.5 Å². The molecule has 0 bridgehead atoms. The molecule has 2 aromatic heterocycles. The molecule has 1 aliphatic heterocycles. The summed E-state index contributed by atoms with van der Waals surface area (Å²) in [5, 5.41) is 12.7. The maximum Gasteiger partial charge on any atom is 0.415 e. The molecule has 33 heavy (non-hydrogen) atoms. The maximum absolute atomic E-state index is 12.6. The van der Waals surface area contributed by atoms with Gasteiger partial charge in [-0.3, -0.25) is 4.90 Å². The van der Waals surface area contributed by atoms with Crippen LogP contribution in [-0.4, -0.2) is 39.8 Å². The first-order valence-corrected chi connectivity index (χ1v) is 11.3. The Kier molecular flexibility index (Phi) is 6.60. The predicted molar refractivity (Wildman–Crippen MR) is 128 cm³/mol. The molecule has 9 heteroatoms. The molecule has 1 aliphatic rings. The molecule has 1 saturated heterocycles. The molecule has 1 unspecified atom stereocenters. The molecule has 170 valence electrons. The molecule has 8 nitrogen and oxygen atoms in total. The van der Waals surface area contributed by atoms with Gasteiger partial charge in [-0.25, -0.2) is 19.6 Å². The number of carbonyl (C=O) groups excluding carboxylic acids is 1. The molecule has 1 amide bonds. The van der Waals surface area contributed by atoms with Crippen LogP contribution in [0.4, 0.5) is 16.3 Å². The summed E-state index contributed by atoms with van der Waals surface area (Å²) in [7, 11) is 0. The number of aryl methyl sites for hydroxylation is 1. The van der Waals surface area contributed by atoms with E-state index in [1.807, 2.05) is 56.3 Å². The molecular weight excluding hydrogens is 488 g/mol. The largest absolute Gasteiger partial charge is 0.476 e. The summed E-state index contributed by atoms with van der Waals surface area (Å²) in [6.45, 7) is 4.10. The number of nitrogens with one attached hydrogen (secondary N) is 1. The normalized spacial score (nSPS) is 16.4. The first-order valence-electron chi connectivity index (χ1n) is 10.5. The Balaban J connectivity index is 1.61. The Hall–Kier alpha value is -3.46. The van der Waals surface area contributed by atoms with Crippen molar-refractivity contribution in [1.82, 2.24) is 9.97 Å². The lowest BCUT2D eigenvalue weighted by molar-refractivity contribution is 0.0691. The highest BCUT2D eigenvalue weighted by Gasteiger charge is 2.35. The highest BCUT2D eigenvalue weighted by atomic mass is 79.9. The molecule has 0 radical (unpaired) electrons. The third-order valence-electron chi connectivity index (χ3n) is 5.38. The first kappa shape index (κ1) is 22.7. The molecule has 3 aromatic rings. The second-order valence-electron chi connectivity index (χ2n) is 7.92. The van der Waals surface area contributed by atoms with Gasteiger partial charge in [0.05, 0.1) is 23.5 Å². The number of ether oxygens (including phenoxy) is 1. The average molecular weight is 511 g/mol. The Bertz CT molecular complexity index is 1190. The van der Waals surface area contributed by atoms with Crippen LogP contribution in [-0.2, 0) is 11.2 Å². The van der Waals surface area contributed by atoms with Crippen molar-refractivity contribution in [3.63, 3.8) is 0 Å². The van der Waals surface area contributed by atoms with Crippen LogP contribution >= 0.6 is 15.9 Å². The number of hydrogen-bond donors (Lipinski definition) is 2. The molecule has 0 saturated carbocycles. The number of anilines is 2. The number of carboxylic acid groups (broad SMARTS) is 1. The molecule has 0 spiro atoms. The summed E-state index contributed by atoms with van der Waals surface area (Å²) in [6, 6.07) is 16.5. The van der Waals surface area contributed by atoms with Crippen molar-refractivity contribution in [2.75, 3.05) is 16.8 Å². The third-order valence-corrected chi connectivity index (χ3v) is 5.82. The van der Waals surface area contributed by atoms with E-state index in [1.165, 1.54) is 0 Å². The molecule has 4 rings (SSSR count). The predicted octanol–water partition coefficient (Wildman–Crippen LogP) is 4.99. The van der Waals surface area contributed by atoms with E-state index in [1.54, 1.807) is 17.0 Å². The van der Waals surface area contributed by atoms with Crippen LogP contribution in [0.1, 0.15) is 40.3 Å². The summed E-state index contributed by atoms with van der Waals surface area (Å²) in [6.07, 6.45) is 0.226. The van der Waals surface area contributed by atoms with Gasteiger partial charge in [-0.05, 0) is 71.6 Å². The number of carboxylic acids is 1. The minimum Gasteiger partial charge on any atom is -0.476 e. The summed E-state index contributed by atoms with van der Waals surface area (Å²) >= 11 is 3.20. The van der Waals surface area contributed by atoms with E-state index < -0.39 is 12.1 Å². The lowest BCUT2D eigenvalue weighted by atomic mass is 10.1. The van der Waals surface area contributed by atoms with Crippen LogP contribution in [0.3, 0.4) is 0 Å². The van der Waals surface area contributed by atoms with Crippen molar-refractivity contribution in [3.8, 4) is 0 Å². The van der Waals surface area contributed by atoms with Gasteiger partial charge in [0.15, 0.2) is 5.69 Å². The van der Waals surface area contributed by atoms with Gasteiger partial charge < -0.3 is 15.2 Å². The van der Waals surface area contributed by atoms with Crippen LogP contribution < -0.4 is 10.2 Å². The summed E-state index contributed by atoms with van der Waals surface area (Å²) < 4.78 is 5.78. The SMILES string of the molecule is Cc1cc(C(C)Nc2ccc(Br)nc2C(=O)O)nc(N2C(=O)OC[C@@H]2Cc2ccccc2)c1. The second kappa shape index (κ2) is 9.58. The summed E-state index contributed by atoms with van der Waals surface area (Å²) in [5.41, 5.74) is 3.00. The molecule has 0 aliphatic carbocycles. The van der Waals surface area contributed by atoms with Gasteiger partial charge in [-0.1, -0.05) is 30.3 Å². The lowest BCUT2D eigenvalue weighted by Crippen LogP contribution is -2.36. The van der Waals surface area contributed by atoms with Gasteiger partial charge in [-0.2, -0.15) is 0 Å². The molecule has 3 heterocycles. The maximum atomic E-state index is 12.6. The van der Waals surface area contributed by atoms with Crippen LogP contribution in [0.5, 0.6) is 0 Å². The number of rotatable bonds is 7. The number of nitrogens with zero attached hydrogens (tertiary/aromatic N) is 3. The van der Waals surface area contributed by atoms with Gasteiger partial charge in [0.2, 0.25) is 0 Å². The second-order valence-corrected chi connectivity index (χ2v) is 8.73. The van der Waals surface area contributed by atoms with Gasteiger partial charge in [-0.15, -0.1) is 0 Å². The van der Waals surface area contributed by atoms with Crippen LogP contribution in [0, 0.1) is 6.92 Å². The van der Waals surface area contributed by atoms with E-state index in [-0.39, 0.29) is 17.8 Å². The standard InChI is InChI=1S/C24H23BrN4O4/c1-14-10-19(15(2)26-18-8-9-20(25)28-22(18)23(30)31)27-21(11-14)29-17(13-33-24(29)32)12-16-6-4-3-5-7-16/h3-11,15,17,26H,12-13H2,1-2H3,(H,30,31)/t15?,17-/m0/s1. The van der Waals surface area contributed by atoms with E-state index >= 15 is 0 Å². The van der Waals surface area contributed by atoms with Crippen molar-refractivity contribution in [3.05, 3.63) is 81.7 Å². The van der Waals surface area contributed by atoms with E-state index in [0.717, 1.165) is 11.1 Å². The number of pyridine rings is 2. The van der Waals surface area contributed by atoms with Gasteiger partial charge in [0, 0.05) is 0 Å². The summed E-state index contributed by atoms with van der Waals surface area (Å²) in [4.78, 5) is 34.6. The fourth-order valence-corrected chi connectivity index (χ4v) is 4.13.